The average molecular weight is 341 g/mol. The summed E-state index contributed by atoms with van der Waals surface area (Å²) in [5.74, 6) is 0.764. The Labute approximate surface area is 147 Å². The van der Waals surface area contributed by atoms with Gasteiger partial charge in [0.25, 0.3) is 0 Å². The van der Waals surface area contributed by atoms with Crippen LogP contribution in [0.1, 0.15) is 90.9 Å². The lowest BCUT2D eigenvalue weighted by atomic mass is 9.80. The second kappa shape index (κ2) is 13.3. The lowest BCUT2D eigenvalue weighted by molar-refractivity contribution is -0.150. The number of carbonyl (C=O) groups excluding carboxylic acids is 2. The van der Waals surface area contributed by atoms with E-state index in [2.05, 4.69) is 6.92 Å². The highest BCUT2D eigenvalue weighted by atomic mass is 16.5. The molecule has 0 atom stereocenters. The zero-order chi connectivity index (χ0) is 17.6. The summed E-state index contributed by atoms with van der Waals surface area (Å²) in [5.41, 5.74) is 0. The van der Waals surface area contributed by atoms with E-state index in [9.17, 15) is 9.59 Å². The number of rotatable bonds is 12. The lowest BCUT2D eigenvalue weighted by Gasteiger charge is -2.27. The first-order valence-corrected chi connectivity index (χ1v) is 9.93. The van der Waals surface area contributed by atoms with Crippen LogP contribution in [0.2, 0.25) is 0 Å². The molecule has 24 heavy (non-hydrogen) atoms. The molecular formula is C20H36O4. The van der Waals surface area contributed by atoms with Gasteiger partial charge in [0.1, 0.15) is 0 Å². The van der Waals surface area contributed by atoms with Crippen molar-refractivity contribution in [2.45, 2.75) is 90.9 Å². The first kappa shape index (κ1) is 21.0. The summed E-state index contributed by atoms with van der Waals surface area (Å²) in [6.45, 7) is 4.70. The van der Waals surface area contributed by atoms with Crippen molar-refractivity contribution in [3.05, 3.63) is 0 Å². The molecule has 1 rings (SSSR count). The van der Waals surface area contributed by atoms with E-state index in [-0.39, 0.29) is 17.9 Å². The SMILES string of the molecule is CCCCCC1CCC(C(=O)OCCCCCCOC(C)=O)CC1. The third-order valence-corrected chi connectivity index (χ3v) is 4.98. The average Bonchev–Trinajstić information content (AvgIpc) is 2.57. The van der Waals surface area contributed by atoms with Crippen molar-refractivity contribution < 1.29 is 19.1 Å². The smallest absolute Gasteiger partial charge is 0.308 e. The van der Waals surface area contributed by atoms with Crippen LogP contribution in [0.5, 0.6) is 0 Å². The Bertz CT molecular complexity index is 346. The normalized spacial score (nSPS) is 20.6. The van der Waals surface area contributed by atoms with Gasteiger partial charge in [-0.15, -0.1) is 0 Å². The highest BCUT2D eigenvalue weighted by molar-refractivity contribution is 5.72. The molecule has 1 fully saturated rings. The number of esters is 2. The number of carbonyl (C=O) groups is 2. The van der Waals surface area contributed by atoms with Crippen LogP contribution in [0.4, 0.5) is 0 Å². The molecule has 0 unspecified atom stereocenters. The predicted octanol–water partition coefficient (Wildman–Crippen LogP) is 5.04. The van der Waals surface area contributed by atoms with Gasteiger partial charge in [0.15, 0.2) is 0 Å². The molecule has 4 nitrogen and oxygen atoms in total. The van der Waals surface area contributed by atoms with Gasteiger partial charge >= 0.3 is 11.9 Å². The highest BCUT2D eigenvalue weighted by Gasteiger charge is 2.26. The monoisotopic (exact) mass is 340 g/mol. The Morgan fingerprint density at radius 3 is 2.04 bits per heavy atom. The maximum Gasteiger partial charge on any atom is 0.308 e. The van der Waals surface area contributed by atoms with Crippen molar-refractivity contribution in [1.82, 2.24) is 0 Å². The molecule has 1 aliphatic carbocycles. The van der Waals surface area contributed by atoms with E-state index in [1.807, 2.05) is 0 Å². The minimum Gasteiger partial charge on any atom is -0.466 e. The second-order valence-electron chi connectivity index (χ2n) is 7.14. The summed E-state index contributed by atoms with van der Waals surface area (Å²) in [6.07, 6.45) is 13.5. The Morgan fingerprint density at radius 2 is 1.46 bits per heavy atom. The maximum absolute atomic E-state index is 12.1. The minimum absolute atomic E-state index is 0.0157. The molecular weight excluding hydrogens is 304 g/mol. The van der Waals surface area contributed by atoms with Crippen molar-refractivity contribution in [2.24, 2.45) is 11.8 Å². The lowest BCUT2D eigenvalue weighted by Crippen LogP contribution is -2.24. The fourth-order valence-electron chi connectivity index (χ4n) is 3.43. The molecule has 1 saturated carbocycles. The van der Waals surface area contributed by atoms with Crippen LogP contribution < -0.4 is 0 Å². The molecule has 0 aromatic carbocycles. The van der Waals surface area contributed by atoms with E-state index in [4.69, 9.17) is 9.47 Å². The quantitative estimate of drug-likeness (QED) is 0.369. The highest BCUT2D eigenvalue weighted by Crippen LogP contribution is 2.32. The molecule has 0 saturated heterocycles. The fraction of sp³-hybridized carbons (Fsp3) is 0.900. The van der Waals surface area contributed by atoms with Crippen LogP contribution in [-0.2, 0) is 19.1 Å². The van der Waals surface area contributed by atoms with Gasteiger partial charge in [0.2, 0.25) is 0 Å². The van der Waals surface area contributed by atoms with Gasteiger partial charge in [-0.05, 0) is 57.3 Å². The molecule has 0 aromatic rings. The first-order valence-electron chi connectivity index (χ1n) is 9.93. The number of hydrogen-bond acceptors (Lipinski definition) is 4. The molecule has 0 bridgehead atoms. The van der Waals surface area contributed by atoms with E-state index in [1.165, 1.54) is 45.4 Å². The van der Waals surface area contributed by atoms with E-state index >= 15 is 0 Å². The number of ether oxygens (including phenoxy) is 2. The molecule has 140 valence electrons. The Balaban J connectivity index is 1.97. The predicted molar refractivity (Wildman–Crippen MR) is 95.7 cm³/mol. The molecule has 0 amide bonds. The van der Waals surface area contributed by atoms with Gasteiger partial charge in [-0.25, -0.2) is 0 Å². The Morgan fingerprint density at radius 1 is 0.833 bits per heavy atom. The van der Waals surface area contributed by atoms with Gasteiger partial charge in [0, 0.05) is 6.92 Å². The topological polar surface area (TPSA) is 52.6 Å². The van der Waals surface area contributed by atoms with Crippen LogP contribution in [0.25, 0.3) is 0 Å². The van der Waals surface area contributed by atoms with Crippen molar-refractivity contribution >= 4 is 11.9 Å². The van der Waals surface area contributed by atoms with Crippen LogP contribution in [0.3, 0.4) is 0 Å². The summed E-state index contributed by atoms with van der Waals surface area (Å²) in [6, 6.07) is 0. The largest absolute Gasteiger partial charge is 0.466 e. The summed E-state index contributed by atoms with van der Waals surface area (Å²) in [7, 11) is 0. The molecule has 0 spiro atoms. The second-order valence-corrected chi connectivity index (χ2v) is 7.14. The molecule has 1 aliphatic rings. The van der Waals surface area contributed by atoms with Crippen LogP contribution in [0.15, 0.2) is 0 Å². The summed E-state index contributed by atoms with van der Waals surface area (Å²) in [4.78, 5) is 22.7. The number of unbranched alkanes of at least 4 members (excludes halogenated alkanes) is 5. The Kier molecular flexibility index (Phi) is 11.6. The fourth-order valence-corrected chi connectivity index (χ4v) is 3.43. The maximum atomic E-state index is 12.1. The molecule has 0 N–H and O–H groups in total. The third kappa shape index (κ3) is 9.94. The Hall–Kier alpha value is -1.06. The van der Waals surface area contributed by atoms with E-state index in [1.54, 1.807) is 0 Å². The van der Waals surface area contributed by atoms with Crippen LogP contribution in [0, 0.1) is 11.8 Å². The first-order chi connectivity index (χ1) is 11.6. The molecule has 4 heteroatoms. The van der Waals surface area contributed by atoms with E-state index < -0.39 is 0 Å². The molecule has 0 heterocycles. The summed E-state index contributed by atoms with van der Waals surface area (Å²) in [5, 5.41) is 0. The van der Waals surface area contributed by atoms with Gasteiger partial charge in [-0.1, -0.05) is 32.6 Å². The van der Waals surface area contributed by atoms with Gasteiger partial charge in [-0.3, -0.25) is 9.59 Å². The number of hydrogen-bond donors (Lipinski definition) is 0. The standard InChI is InChI=1S/C20H36O4/c1-3-4-7-10-18-11-13-19(14-12-18)20(22)24-16-9-6-5-8-15-23-17(2)21/h18-19H,3-16H2,1-2H3. The zero-order valence-electron chi connectivity index (χ0n) is 15.7. The molecule has 0 aromatic heterocycles. The van der Waals surface area contributed by atoms with Crippen molar-refractivity contribution in [3.63, 3.8) is 0 Å². The van der Waals surface area contributed by atoms with Crippen molar-refractivity contribution in [3.8, 4) is 0 Å². The molecule has 0 radical (unpaired) electrons. The van der Waals surface area contributed by atoms with Gasteiger partial charge in [0.05, 0.1) is 19.1 Å². The van der Waals surface area contributed by atoms with E-state index in [0.29, 0.717) is 13.2 Å². The minimum atomic E-state index is -0.219. The van der Waals surface area contributed by atoms with Crippen LogP contribution in [-0.4, -0.2) is 25.2 Å². The third-order valence-electron chi connectivity index (χ3n) is 4.98. The zero-order valence-corrected chi connectivity index (χ0v) is 15.7. The molecule has 0 aliphatic heterocycles. The van der Waals surface area contributed by atoms with E-state index in [0.717, 1.165) is 44.4 Å². The van der Waals surface area contributed by atoms with Crippen LogP contribution >= 0.6 is 0 Å². The van der Waals surface area contributed by atoms with Crippen molar-refractivity contribution in [2.75, 3.05) is 13.2 Å². The summed E-state index contributed by atoms with van der Waals surface area (Å²) < 4.78 is 10.3. The van der Waals surface area contributed by atoms with Gasteiger partial charge in [-0.2, -0.15) is 0 Å². The van der Waals surface area contributed by atoms with Crippen molar-refractivity contribution in [1.29, 1.82) is 0 Å². The summed E-state index contributed by atoms with van der Waals surface area (Å²) >= 11 is 0. The van der Waals surface area contributed by atoms with Gasteiger partial charge < -0.3 is 9.47 Å².